The maximum Gasteiger partial charge on any atom is 2.00 e. The van der Waals surface area contributed by atoms with Crippen molar-refractivity contribution in [1.82, 2.24) is 0 Å². The maximum absolute atomic E-state index is 12.5. The van der Waals surface area contributed by atoms with Crippen LogP contribution in [0, 0.1) is 25.7 Å². The molecule has 0 aliphatic carbocycles. The van der Waals surface area contributed by atoms with E-state index in [4.69, 9.17) is 0 Å². The molecule has 0 bridgehead atoms. The fourth-order valence-corrected chi connectivity index (χ4v) is 15.1. The fourth-order valence-electron chi connectivity index (χ4n) is 15.1. The minimum Gasteiger partial charge on any atom is -0.493 e. The van der Waals surface area contributed by atoms with Crippen LogP contribution in [0.1, 0.15) is 493 Å². The van der Waals surface area contributed by atoms with Crippen LogP contribution in [0.2, 0.25) is 0 Å². The molecule has 0 aromatic heterocycles. The molecule has 0 fully saturated rings. The van der Waals surface area contributed by atoms with E-state index >= 15 is 0 Å². The number of hydrogen-bond acceptors (Lipinski definition) is 0. The zero-order valence-corrected chi connectivity index (χ0v) is 68.9. The van der Waals surface area contributed by atoms with E-state index < -0.39 is 0 Å². The molecule has 2 aromatic rings. The van der Waals surface area contributed by atoms with Gasteiger partial charge in [0, 0.05) is 23.1 Å². The van der Waals surface area contributed by atoms with Crippen molar-refractivity contribution in [3.8, 4) is 11.8 Å². The summed E-state index contributed by atoms with van der Waals surface area (Å²) in [6, 6.07) is 9.65. The van der Waals surface area contributed by atoms with Crippen LogP contribution in [0.15, 0.2) is 35.4 Å². The largest absolute Gasteiger partial charge is 2.00 e. The van der Waals surface area contributed by atoms with Gasteiger partial charge in [0.1, 0.15) is 5.57 Å². The van der Waals surface area contributed by atoms with Gasteiger partial charge in [-0.05, 0) is 115 Å². The topological polar surface area (TPSA) is 25.3 Å². The summed E-state index contributed by atoms with van der Waals surface area (Å²) in [4.78, 5) is 0. The van der Waals surface area contributed by atoms with E-state index in [9.17, 15) is 5.53 Å². The van der Waals surface area contributed by atoms with Crippen LogP contribution in [-0.2, 0) is 55.0 Å². The summed E-state index contributed by atoms with van der Waals surface area (Å²) in [5.41, 5.74) is 27.9. The van der Waals surface area contributed by atoms with E-state index in [1.807, 2.05) is 0 Å². The zero-order valence-electron chi connectivity index (χ0n) is 67.9. The maximum atomic E-state index is 12.5. The number of allylic oxidation sites excluding steroid dienone is 2. The Labute approximate surface area is 626 Å². The van der Waals surface area contributed by atoms with Gasteiger partial charge < -0.3 is 19.4 Å². The Balaban J connectivity index is 0.00000157. The van der Waals surface area contributed by atoms with Crippen molar-refractivity contribution in [2.75, 3.05) is 0 Å². The monoisotopic (exact) mass is 1400 g/mol. The summed E-state index contributed by atoms with van der Waals surface area (Å²) >= 11 is 0. The Morgan fingerprint density at radius 2 is 0.510 bits per heavy atom. The Bertz CT molecular complexity index is 2100. The zero-order chi connectivity index (χ0) is 70.7. The molecule has 3 heteroatoms. The molecule has 1 aliphatic rings. The molecule has 0 atom stereocenters. The van der Waals surface area contributed by atoms with Crippen LogP contribution in [0.25, 0.3) is 16.9 Å². The molecule has 0 amide bonds. The first kappa shape index (κ1) is 95.6. The third kappa shape index (κ3) is 47.0. The molecule has 3 rings (SSSR count). The van der Waals surface area contributed by atoms with Crippen molar-refractivity contribution in [3.63, 3.8) is 0 Å². The van der Waals surface area contributed by atoms with E-state index in [1.165, 1.54) is 329 Å². The minimum absolute atomic E-state index is 0. The normalized spacial score (nSPS) is 12.1. The van der Waals surface area contributed by atoms with Crippen molar-refractivity contribution in [3.05, 3.63) is 99.3 Å². The third-order valence-electron chi connectivity index (χ3n) is 20.8. The molecule has 2 aromatic carbocycles. The summed E-state index contributed by atoms with van der Waals surface area (Å²) in [7, 11) is 0. The number of benzene rings is 2. The van der Waals surface area contributed by atoms with Crippen LogP contribution in [0.3, 0.4) is 0 Å². The number of nitrogens with zero attached hydrogens (tertiary/aromatic N) is 2. The third-order valence-corrected chi connectivity index (χ3v) is 20.8. The van der Waals surface area contributed by atoms with E-state index in [-0.39, 0.29) is 16.5 Å². The fraction of sp³-hybridized carbons (Fsp3) is 0.789. The molecular weight excluding hydrogens is 1230 g/mol. The van der Waals surface area contributed by atoms with Gasteiger partial charge >= 0.3 is 16.5 Å². The molecule has 0 N–H and O–H groups in total. The van der Waals surface area contributed by atoms with Gasteiger partial charge in [0.05, 0.1) is 0 Å². The average molecular weight is 1400 g/mol. The first-order valence-corrected chi connectivity index (χ1v) is 44.1. The minimum atomic E-state index is 0. The van der Waals surface area contributed by atoms with E-state index in [0.29, 0.717) is 0 Å². The van der Waals surface area contributed by atoms with Gasteiger partial charge in [0.25, 0.3) is 0 Å². The molecule has 0 spiro atoms. The first-order valence-electron chi connectivity index (χ1n) is 44.1. The molecule has 0 saturated heterocycles. The quantitative estimate of drug-likeness (QED) is 0.0207. The van der Waals surface area contributed by atoms with Gasteiger partial charge in [-0.2, -0.15) is 12.8 Å². The van der Waals surface area contributed by atoms with Gasteiger partial charge in [0.15, 0.2) is 0 Å². The van der Waals surface area contributed by atoms with Gasteiger partial charge in [0.2, 0.25) is 11.4 Å². The Morgan fingerprint density at radius 3 is 0.755 bits per heavy atom. The number of unbranched alkanes of at least 4 members (excludes halogenated alkanes) is 48. The average Bonchev–Trinajstić information content (AvgIpc) is 1.59. The van der Waals surface area contributed by atoms with Crippen LogP contribution in [0.5, 0.6) is 0 Å². The second kappa shape index (κ2) is 71.6. The van der Waals surface area contributed by atoms with Crippen molar-refractivity contribution >= 4 is 11.4 Å². The summed E-state index contributed by atoms with van der Waals surface area (Å²) in [6.07, 6.45) is 87.5. The van der Waals surface area contributed by atoms with Gasteiger partial charge in [-0.15, -0.1) is 0 Å². The Kier molecular flexibility index (Phi) is 69.8. The predicted octanol–water partition coefficient (Wildman–Crippen LogP) is 33.0. The summed E-state index contributed by atoms with van der Waals surface area (Å²) in [6.45, 7) is 30.7. The molecule has 1 heterocycles. The van der Waals surface area contributed by atoms with E-state index in [2.05, 4.69) is 119 Å². The predicted molar refractivity (Wildman–Crippen MR) is 440 cm³/mol. The van der Waals surface area contributed by atoms with Crippen molar-refractivity contribution < 1.29 is 21.2 Å². The first-order chi connectivity index (χ1) is 47.8. The van der Waals surface area contributed by atoms with Crippen LogP contribution >= 0.6 is 0 Å². The van der Waals surface area contributed by atoms with E-state index in [1.54, 1.807) is 10.3 Å². The Morgan fingerprint density at radius 1 is 0.276 bits per heavy atom. The van der Waals surface area contributed by atoms with Gasteiger partial charge in [-0.25, -0.2) is 4.70 Å². The molecule has 1 aliphatic heterocycles. The molecule has 0 unspecified atom stereocenters. The van der Waals surface area contributed by atoms with Gasteiger partial charge in [-0.3, -0.25) is 0 Å². The van der Waals surface area contributed by atoms with E-state index in [0.717, 1.165) is 150 Å². The number of rotatable bonds is 64. The Hall–Kier alpha value is -2.43. The molecule has 0 radical (unpaired) electrons. The van der Waals surface area contributed by atoms with Gasteiger partial charge in [-0.1, -0.05) is 421 Å². The second-order valence-electron chi connectivity index (χ2n) is 30.3. The standard InChI is InChI=1S/C45H66N2.2C25H51.Ni/c1-9-17-19-20-21-29-43-42(28-18-10-2)44(38-30-34(22-11-3)40(26-15-7)35(31-38)23-12-4)47(46)45(43)39-32-36(24-13-5)41(27-16-8)37(33-39)25-14-6;2*1-3-5-7-9-11-13-15-17-19-21-23-25-24-22-20-18-16-14-12-10-8-6-4-2;/h30-33H,9-20,22-28H2,1-8H3;2*1,3-25H2,2H3;/q;2*-1;+2. The smallest absolute Gasteiger partial charge is 0.493 e. The van der Waals surface area contributed by atoms with Crippen LogP contribution in [0.4, 0.5) is 0 Å². The summed E-state index contributed by atoms with van der Waals surface area (Å²) < 4.78 is 1.57. The molecule has 0 saturated carbocycles. The number of hydrogen-bond donors (Lipinski definition) is 0. The van der Waals surface area contributed by atoms with Crippen LogP contribution < -0.4 is 0 Å². The number of aryl methyl sites for hydroxylation is 4. The van der Waals surface area contributed by atoms with Crippen LogP contribution in [-0.4, -0.2) is 4.70 Å². The van der Waals surface area contributed by atoms with Crippen molar-refractivity contribution in [2.45, 2.75) is 487 Å². The molecule has 98 heavy (non-hydrogen) atoms. The van der Waals surface area contributed by atoms with Crippen molar-refractivity contribution in [1.29, 1.82) is 0 Å². The summed E-state index contributed by atoms with van der Waals surface area (Å²) in [5.74, 6) is 7.28. The van der Waals surface area contributed by atoms with Crippen molar-refractivity contribution in [2.24, 2.45) is 0 Å². The summed E-state index contributed by atoms with van der Waals surface area (Å²) in [5, 5.41) is 0. The molecular formula is C95H168N2Ni. The molecule has 2 nitrogen and oxygen atoms in total. The molecule has 568 valence electrons. The SMILES string of the molecule is CCCCCC#CC1=C(c2cc(CCC)c(CCC)c(CCC)c2)[N+](=[N-])C(c2cc(CCC)c(CCC)c(CCC)c2)=C1CCCC.[CH2-]CCCCCCCCCCCCCCCCCCCCCCCC.[CH2-]CCCCCCCCCCCCCCCCCCCCCCCC.[Ni+2]. The second-order valence-corrected chi connectivity index (χ2v) is 30.3.